The van der Waals surface area contributed by atoms with Crippen molar-refractivity contribution in [3.05, 3.63) is 231 Å². The van der Waals surface area contributed by atoms with Crippen LogP contribution in [0.25, 0.3) is 134 Å². The maximum absolute atomic E-state index is 5.28. The van der Waals surface area contributed by atoms with E-state index in [1.54, 1.807) is 0 Å². The van der Waals surface area contributed by atoms with Gasteiger partial charge in [-0.2, -0.15) is 9.97 Å². The molecule has 0 saturated carbocycles. The molecule has 14 aromatic rings. The molecule has 10 aromatic carbocycles. The van der Waals surface area contributed by atoms with Gasteiger partial charge in [0.1, 0.15) is 0 Å². The maximum atomic E-state index is 5.28. The van der Waals surface area contributed by atoms with Gasteiger partial charge in [-0.1, -0.05) is 194 Å². The zero-order chi connectivity index (χ0) is 46.1. The molecule has 0 aliphatic heterocycles. The Morgan fingerprint density at radius 1 is 0.257 bits per heavy atom. The highest BCUT2D eigenvalue weighted by Crippen LogP contribution is 2.42. The van der Waals surface area contributed by atoms with Gasteiger partial charge in [0.25, 0.3) is 0 Å². The van der Waals surface area contributed by atoms with Crippen LogP contribution in [-0.4, -0.2) is 39.0 Å². The fraction of sp³-hybridized carbons (Fsp3) is 0. The summed E-state index contributed by atoms with van der Waals surface area (Å²) < 4.78 is 4.60. The summed E-state index contributed by atoms with van der Waals surface area (Å²) >= 11 is 0. The maximum Gasteiger partial charge on any atom is 0.238 e. The minimum atomic E-state index is 0.539. The number of fused-ring (bicyclic) bond motifs is 10. The Balaban J connectivity index is 0.993. The van der Waals surface area contributed by atoms with Crippen molar-refractivity contribution in [1.29, 1.82) is 0 Å². The average Bonchev–Trinajstić information content (AvgIpc) is 3.97. The molecule has 0 aliphatic carbocycles. The lowest BCUT2D eigenvalue weighted by Gasteiger charge is -2.14. The van der Waals surface area contributed by atoms with Crippen molar-refractivity contribution < 1.29 is 0 Å². The summed E-state index contributed by atoms with van der Waals surface area (Å²) in [7, 11) is 0. The summed E-state index contributed by atoms with van der Waals surface area (Å²) in [5, 5.41) is 9.04. The average molecular weight is 895 g/mol. The fourth-order valence-electron chi connectivity index (χ4n) is 10.2. The lowest BCUT2D eigenvalue weighted by molar-refractivity contribution is 0.953. The molecule has 0 unspecified atom stereocenters. The molecule has 4 aromatic heterocycles. The van der Waals surface area contributed by atoms with E-state index in [9.17, 15) is 0 Å². The third-order valence-corrected chi connectivity index (χ3v) is 13.4. The molecule has 0 N–H and O–H groups in total. The molecule has 70 heavy (non-hydrogen) atoms. The van der Waals surface area contributed by atoms with Gasteiger partial charge in [0, 0.05) is 60.4 Å². The second kappa shape index (κ2) is 16.0. The third kappa shape index (κ3) is 6.38. The van der Waals surface area contributed by atoms with E-state index in [2.05, 4.69) is 161 Å². The van der Waals surface area contributed by atoms with E-state index in [0.717, 1.165) is 93.3 Å². The number of hydrogen-bond acceptors (Lipinski definition) is 6. The third-order valence-electron chi connectivity index (χ3n) is 13.4. The molecule has 8 heteroatoms. The first-order chi connectivity index (χ1) is 34.7. The zero-order valence-corrected chi connectivity index (χ0v) is 37.5. The standard InChI is InChI=1S/C62H38N8/c1-4-18-41(19-5-1)57-63-58(66-61(65-57)51-28-16-24-40-32-31-39-17-10-11-25-46(39)54(40)51)44-33-35-45(36-34-44)69-52-29-14-12-26-47(52)49-37-38-50-48-27-13-15-30-53(48)70(56(50)55(49)69)62-67-59(42-20-6-2-7-21-42)64-60(68-62)43-22-8-3-9-23-43/h1-38H. The minimum Gasteiger partial charge on any atom is -0.307 e. The van der Waals surface area contributed by atoms with E-state index < -0.39 is 0 Å². The van der Waals surface area contributed by atoms with Crippen LogP contribution in [0.5, 0.6) is 0 Å². The number of rotatable bonds is 7. The quantitative estimate of drug-likeness (QED) is 0.148. The molecule has 4 heterocycles. The van der Waals surface area contributed by atoms with E-state index in [4.69, 9.17) is 29.9 Å². The SMILES string of the molecule is c1ccc(-c2nc(-c3ccc(-n4c5ccccc5c5ccc6c7ccccc7n(-c7nc(-c8ccccc8)nc(-c8ccccc8)n7)c6c54)cc3)nc(-c3cccc4ccc5ccccc5c34)n2)cc1. The highest BCUT2D eigenvalue weighted by Gasteiger charge is 2.24. The van der Waals surface area contributed by atoms with E-state index in [1.807, 2.05) is 78.9 Å². The van der Waals surface area contributed by atoms with Gasteiger partial charge in [-0.3, -0.25) is 4.57 Å². The molecular weight excluding hydrogens is 857 g/mol. The van der Waals surface area contributed by atoms with Crippen molar-refractivity contribution in [2.24, 2.45) is 0 Å². The van der Waals surface area contributed by atoms with Crippen LogP contribution in [0.4, 0.5) is 0 Å². The Kier molecular flexibility index (Phi) is 9.03. The molecule has 0 atom stereocenters. The summed E-state index contributed by atoms with van der Waals surface area (Å²) in [5.41, 5.74) is 9.70. The van der Waals surface area contributed by atoms with E-state index in [0.29, 0.717) is 35.1 Å². The Labute approximate surface area is 401 Å². The highest BCUT2D eigenvalue weighted by atomic mass is 15.2. The summed E-state index contributed by atoms with van der Waals surface area (Å²) in [6.07, 6.45) is 0. The van der Waals surface area contributed by atoms with Crippen LogP contribution in [0.1, 0.15) is 0 Å². The topological polar surface area (TPSA) is 87.2 Å². The van der Waals surface area contributed by atoms with Gasteiger partial charge in [-0.05, 0) is 52.6 Å². The van der Waals surface area contributed by atoms with Crippen molar-refractivity contribution in [2.45, 2.75) is 0 Å². The van der Waals surface area contributed by atoms with Gasteiger partial charge in [0.05, 0.1) is 22.1 Å². The van der Waals surface area contributed by atoms with Crippen LogP contribution >= 0.6 is 0 Å². The van der Waals surface area contributed by atoms with Crippen molar-refractivity contribution in [2.75, 3.05) is 0 Å². The van der Waals surface area contributed by atoms with E-state index in [-0.39, 0.29) is 0 Å². The van der Waals surface area contributed by atoms with Crippen LogP contribution < -0.4 is 0 Å². The molecule has 0 radical (unpaired) electrons. The molecule has 326 valence electrons. The van der Waals surface area contributed by atoms with E-state index in [1.165, 1.54) is 5.39 Å². The summed E-state index contributed by atoms with van der Waals surface area (Å²) in [6.45, 7) is 0. The first-order valence-electron chi connectivity index (χ1n) is 23.4. The summed E-state index contributed by atoms with van der Waals surface area (Å²) in [4.78, 5) is 31.2. The Morgan fingerprint density at radius 3 is 1.27 bits per heavy atom. The van der Waals surface area contributed by atoms with Crippen molar-refractivity contribution in [3.8, 4) is 68.6 Å². The van der Waals surface area contributed by atoms with Gasteiger partial charge >= 0.3 is 0 Å². The van der Waals surface area contributed by atoms with Crippen LogP contribution in [0.15, 0.2) is 231 Å². The number of para-hydroxylation sites is 2. The minimum absolute atomic E-state index is 0.539. The molecule has 0 amide bonds. The monoisotopic (exact) mass is 894 g/mol. The van der Waals surface area contributed by atoms with E-state index >= 15 is 0 Å². The van der Waals surface area contributed by atoms with Gasteiger partial charge in [-0.25, -0.2) is 19.9 Å². The first-order valence-corrected chi connectivity index (χ1v) is 23.4. The zero-order valence-electron chi connectivity index (χ0n) is 37.5. The molecule has 0 saturated heterocycles. The van der Waals surface area contributed by atoms with Crippen LogP contribution in [0.3, 0.4) is 0 Å². The molecule has 8 nitrogen and oxygen atoms in total. The number of benzene rings is 10. The second-order valence-corrected chi connectivity index (χ2v) is 17.5. The molecular formula is C62H38N8. The van der Waals surface area contributed by atoms with Gasteiger partial charge in [0.2, 0.25) is 5.95 Å². The fourth-order valence-corrected chi connectivity index (χ4v) is 10.2. The van der Waals surface area contributed by atoms with Crippen LogP contribution in [-0.2, 0) is 0 Å². The summed E-state index contributed by atoms with van der Waals surface area (Å²) in [6, 6.07) is 79.9. The lowest BCUT2D eigenvalue weighted by Crippen LogP contribution is -2.07. The molecule has 0 bridgehead atoms. The molecule has 0 spiro atoms. The van der Waals surface area contributed by atoms with Crippen molar-refractivity contribution in [1.82, 2.24) is 39.0 Å². The lowest BCUT2D eigenvalue weighted by atomic mass is 9.97. The number of aromatic nitrogens is 8. The molecule has 0 aliphatic rings. The van der Waals surface area contributed by atoms with Crippen LogP contribution in [0.2, 0.25) is 0 Å². The van der Waals surface area contributed by atoms with Crippen LogP contribution in [0, 0.1) is 0 Å². The van der Waals surface area contributed by atoms with Gasteiger partial charge in [0.15, 0.2) is 29.1 Å². The number of hydrogen-bond donors (Lipinski definition) is 0. The second-order valence-electron chi connectivity index (χ2n) is 17.5. The van der Waals surface area contributed by atoms with Crippen molar-refractivity contribution in [3.63, 3.8) is 0 Å². The highest BCUT2D eigenvalue weighted by molar-refractivity contribution is 6.23. The largest absolute Gasteiger partial charge is 0.307 e. The predicted molar refractivity (Wildman–Crippen MR) is 284 cm³/mol. The van der Waals surface area contributed by atoms with Gasteiger partial charge in [-0.15, -0.1) is 0 Å². The smallest absolute Gasteiger partial charge is 0.238 e. The number of nitrogens with zero attached hydrogens (tertiary/aromatic N) is 8. The molecule has 14 rings (SSSR count). The Hall–Kier alpha value is -9.66. The Morgan fingerprint density at radius 2 is 0.686 bits per heavy atom. The Bertz CT molecular complexity index is 4280. The molecule has 0 fully saturated rings. The van der Waals surface area contributed by atoms with Crippen molar-refractivity contribution >= 4 is 65.2 Å². The van der Waals surface area contributed by atoms with Gasteiger partial charge < -0.3 is 4.57 Å². The first kappa shape index (κ1) is 39.5. The normalized spacial score (nSPS) is 11.7. The summed E-state index contributed by atoms with van der Waals surface area (Å²) in [5.74, 6) is 3.57. The predicted octanol–water partition coefficient (Wildman–Crippen LogP) is 14.9.